The SMILES string of the molecule is C[C@H](C#N)Cn1nc(-c2ccccc2)ccc1=O. The molecule has 0 saturated carbocycles. The van der Waals surface area contributed by atoms with Gasteiger partial charge < -0.3 is 0 Å². The van der Waals surface area contributed by atoms with Crippen molar-refractivity contribution in [3.8, 4) is 17.3 Å². The number of hydrogen-bond donors (Lipinski definition) is 0. The Bertz CT molecular complexity index is 625. The third-order valence-electron chi connectivity index (χ3n) is 2.60. The van der Waals surface area contributed by atoms with Crippen LogP contribution in [-0.4, -0.2) is 9.78 Å². The first-order valence-corrected chi connectivity index (χ1v) is 5.74. The molecule has 0 radical (unpaired) electrons. The summed E-state index contributed by atoms with van der Waals surface area (Å²) in [5.41, 5.74) is 1.51. The fourth-order valence-corrected chi connectivity index (χ4v) is 1.64. The summed E-state index contributed by atoms with van der Waals surface area (Å²) in [6, 6.07) is 14.9. The van der Waals surface area contributed by atoms with E-state index in [9.17, 15) is 4.79 Å². The fourth-order valence-electron chi connectivity index (χ4n) is 1.64. The van der Waals surface area contributed by atoms with Crippen molar-refractivity contribution in [2.75, 3.05) is 0 Å². The number of nitriles is 1. The van der Waals surface area contributed by atoms with E-state index in [-0.39, 0.29) is 11.5 Å². The highest BCUT2D eigenvalue weighted by Crippen LogP contribution is 2.14. The first kappa shape index (κ1) is 12.1. The van der Waals surface area contributed by atoms with Gasteiger partial charge >= 0.3 is 0 Å². The lowest BCUT2D eigenvalue weighted by molar-refractivity contribution is 0.506. The molecule has 0 aliphatic carbocycles. The minimum absolute atomic E-state index is 0.184. The van der Waals surface area contributed by atoms with Crippen LogP contribution < -0.4 is 5.56 Å². The van der Waals surface area contributed by atoms with Gasteiger partial charge in [0.1, 0.15) is 0 Å². The van der Waals surface area contributed by atoms with E-state index in [1.54, 1.807) is 13.0 Å². The number of hydrogen-bond acceptors (Lipinski definition) is 3. The van der Waals surface area contributed by atoms with Gasteiger partial charge in [-0.2, -0.15) is 10.4 Å². The second-order valence-corrected chi connectivity index (χ2v) is 4.14. The summed E-state index contributed by atoms with van der Waals surface area (Å²) in [6.07, 6.45) is 0. The summed E-state index contributed by atoms with van der Waals surface area (Å²) in [5, 5.41) is 13.1. The van der Waals surface area contributed by atoms with Crippen LogP contribution in [0.3, 0.4) is 0 Å². The van der Waals surface area contributed by atoms with E-state index in [2.05, 4.69) is 11.2 Å². The van der Waals surface area contributed by atoms with Crippen LogP contribution in [0.2, 0.25) is 0 Å². The van der Waals surface area contributed by atoms with Gasteiger partial charge in [0.05, 0.1) is 24.2 Å². The molecule has 1 atom stereocenters. The Morgan fingerprint density at radius 3 is 2.67 bits per heavy atom. The zero-order valence-electron chi connectivity index (χ0n) is 10.1. The maximum atomic E-state index is 11.6. The van der Waals surface area contributed by atoms with Gasteiger partial charge in [-0.05, 0) is 13.0 Å². The Balaban J connectivity index is 2.39. The van der Waals surface area contributed by atoms with E-state index in [4.69, 9.17) is 5.26 Å². The molecule has 0 aliphatic rings. The van der Waals surface area contributed by atoms with Gasteiger partial charge in [-0.1, -0.05) is 30.3 Å². The van der Waals surface area contributed by atoms with Crippen molar-refractivity contribution in [1.29, 1.82) is 5.26 Å². The highest BCUT2D eigenvalue weighted by molar-refractivity contribution is 5.57. The van der Waals surface area contributed by atoms with Crippen LogP contribution in [0.25, 0.3) is 11.3 Å². The molecule has 0 unspecified atom stereocenters. The Morgan fingerprint density at radius 1 is 1.28 bits per heavy atom. The predicted octanol–water partition coefficient (Wildman–Crippen LogP) is 2.07. The molecular weight excluding hydrogens is 226 g/mol. The largest absolute Gasteiger partial charge is 0.268 e. The minimum Gasteiger partial charge on any atom is -0.268 e. The molecule has 90 valence electrons. The molecule has 1 heterocycles. The lowest BCUT2D eigenvalue weighted by atomic mass is 10.1. The van der Waals surface area contributed by atoms with Crippen molar-refractivity contribution in [2.24, 2.45) is 5.92 Å². The number of nitrogens with zero attached hydrogens (tertiary/aromatic N) is 3. The Kier molecular flexibility index (Phi) is 3.54. The monoisotopic (exact) mass is 239 g/mol. The fraction of sp³-hybridized carbons (Fsp3) is 0.214. The van der Waals surface area contributed by atoms with E-state index in [0.29, 0.717) is 6.54 Å². The predicted molar refractivity (Wildman–Crippen MR) is 68.7 cm³/mol. The van der Waals surface area contributed by atoms with Gasteiger partial charge in [0.15, 0.2) is 0 Å². The lowest BCUT2D eigenvalue weighted by Gasteiger charge is -2.07. The van der Waals surface area contributed by atoms with Gasteiger partial charge in [-0.25, -0.2) is 4.68 Å². The van der Waals surface area contributed by atoms with Crippen LogP contribution in [0.15, 0.2) is 47.3 Å². The maximum absolute atomic E-state index is 11.6. The van der Waals surface area contributed by atoms with Crippen molar-refractivity contribution < 1.29 is 0 Å². The van der Waals surface area contributed by atoms with Crippen LogP contribution in [0, 0.1) is 17.2 Å². The van der Waals surface area contributed by atoms with E-state index < -0.39 is 0 Å². The Hall–Kier alpha value is -2.41. The first-order chi connectivity index (χ1) is 8.70. The molecule has 2 rings (SSSR count). The van der Waals surface area contributed by atoms with Crippen LogP contribution in [0.4, 0.5) is 0 Å². The smallest absolute Gasteiger partial charge is 0.266 e. The Labute approximate surface area is 105 Å². The zero-order valence-corrected chi connectivity index (χ0v) is 10.1. The molecule has 1 aromatic carbocycles. The third kappa shape index (κ3) is 2.64. The second-order valence-electron chi connectivity index (χ2n) is 4.14. The van der Waals surface area contributed by atoms with Crippen molar-refractivity contribution in [3.63, 3.8) is 0 Å². The standard InChI is InChI=1S/C14H13N3O/c1-11(9-15)10-17-14(18)8-7-13(16-17)12-5-3-2-4-6-12/h2-8,11H,10H2,1H3/t11-/m1/s1. The first-order valence-electron chi connectivity index (χ1n) is 5.74. The van der Waals surface area contributed by atoms with Crippen molar-refractivity contribution in [1.82, 2.24) is 9.78 Å². The molecule has 0 saturated heterocycles. The van der Waals surface area contributed by atoms with Crippen LogP contribution in [0.1, 0.15) is 6.92 Å². The number of benzene rings is 1. The maximum Gasteiger partial charge on any atom is 0.266 e. The number of aromatic nitrogens is 2. The molecule has 0 aliphatic heterocycles. The normalized spacial score (nSPS) is 11.8. The lowest BCUT2D eigenvalue weighted by Crippen LogP contribution is -2.24. The van der Waals surface area contributed by atoms with E-state index >= 15 is 0 Å². The second kappa shape index (κ2) is 5.28. The van der Waals surface area contributed by atoms with Crippen LogP contribution in [0.5, 0.6) is 0 Å². The summed E-state index contributed by atoms with van der Waals surface area (Å²) in [7, 11) is 0. The molecule has 4 nitrogen and oxygen atoms in total. The third-order valence-corrected chi connectivity index (χ3v) is 2.60. The highest BCUT2D eigenvalue weighted by atomic mass is 16.1. The van der Waals surface area contributed by atoms with E-state index in [1.165, 1.54) is 10.7 Å². The average molecular weight is 239 g/mol. The number of rotatable bonds is 3. The molecule has 0 N–H and O–H groups in total. The van der Waals surface area contributed by atoms with Crippen molar-refractivity contribution in [2.45, 2.75) is 13.5 Å². The zero-order chi connectivity index (χ0) is 13.0. The molecule has 0 fully saturated rings. The minimum atomic E-state index is -0.235. The molecule has 0 amide bonds. The van der Waals surface area contributed by atoms with Gasteiger partial charge in [0, 0.05) is 11.6 Å². The molecule has 0 bridgehead atoms. The molecular formula is C14H13N3O. The van der Waals surface area contributed by atoms with Gasteiger partial charge in [0.2, 0.25) is 0 Å². The molecule has 18 heavy (non-hydrogen) atoms. The summed E-state index contributed by atoms with van der Waals surface area (Å²) >= 11 is 0. The van der Waals surface area contributed by atoms with Crippen LogP contribution >= 0.6 is 0 Å². The molecule has 2 aromatic rings. The molecule has 0 spiro atoms. The van der Waals surface area contributed by atoms with Gasteiger partial charge in [0.25, 0.3) is 5.56 Å². The van der Waals surface area contributed by atoms with Crippen molar-refractivity contribution in [3.05, 3.63) is 52.8 Å². The van der Waals surface area contributed by atoms with Gasteiger partial charge in [-0.15, -0.1) is 0 Å². The van der Waals surface area contributed by atoms with Gasteiger partial charge in [-0.3, -0.25) is 4.79 Å². The highest BCUT2D eigenvalue weighted by Gasteiger charge is 2.06. The van der Waals surface area contributed by atoms with Crippen molar-refractivity contribution >= 4 is 0 Å². The van der Waals surface area contributed by atoms with E-state index in [0.717, 1.165) is 11.3 Å². The molecule has 4 heteroatoms. The van der Waals surface area contributed by atoms with Crippen LogP contribution in [-0.2, 0) is 6.54 Å². The Morgan fingerprint density at radius 2 is 2.00 bits per heavy atom. The quantitative estimate of drug-likeness (QED) is 0.823. The molecule has 1 aromatic heterocycles. The summed E-state index contributed by atoms with van der Waals surface area (Å²) < 4.78 is 1.34. The topological polar surface area (TPSA) is 58.7 Å². The summed E-state index contributed by atoms with van der Waals surface area (Å²) in [6.45, 7) is 2.08. The van der Waals surface area contributed by atoms with E-state index in [1.807, 2.05) is 30.3 Å². The summed E-state index contributed by atoms with van der Waals surface area (Å²) in [4.78, 5) is 11.6. The summed E-state index contributed by atoms with van der Waals surface area (Å²) in [5.74, 6) is -0.235. The average Bonchev–Trinajstić information content (AvgIpc) is 2.42.